The number of Topliss-reactive ketones (excluding diaryl/α,β-unsaturated/α-hetero) is 1. The molecule has 0 unspecified atom stereocenters. The largest absolute Gasteiger partial charge is 0.493 e. The Morgan fingerprint density at radius 1 is 1.20 bits per heavy atom. The lowest BCUT2D eigenvalue weighted by atomic mass is 9.85. The first-order chi connectivity index (χ1) is 9.07. The molecule has 0 bridgehead atoms. The van der Waals surface area contributed by atoms with Crippen LogP contribution < -0.4 is 4.74 Å². The molecule has 0 aromatic heterocycles. The lowest BCUT2D eigenvalue weighted by Gasteiger charge is -2.23. The van der Waals surface area contributed by atoms with Gasteiger partial charge < -0.3 is 4.74 Å². The van der Waals surface area contributed by atoms with Crippen LogP contribution in [0.3, 0.4) is 0 Å². The maximum absolute atomic E-state index is 12.5. The SMILES string of the molecule is CCCOc1ccc(C(=O)C(F)(F)F)cc1C(C)(C)C. The number of ether oxygens (including phenoxy) is 1. The Hall–Kier alpha value is -1.52. The number of halogens is 3. The predicted octanol–water partition coefficient (Wildman–Crippen LogP) is 4.52. The van der Waals surface area contributed by atoms with Gasteiger partial charge in [-0.15, -0.1) is 0 Å². The third-order valence-electron chi connectivity index (χ3n) is 2.77. The molecule has 112 valence electrons. The number of hydrogen-bond donors (Lipinski definition) is 0. The fourth-order valence-electron chi connectivity index (χ4n) is 1.76. The second-order valence-corrected chi connectivity index (χ2v) is 5.64. The molecule has 0 atom stereocenters. The van der Waals surface area contributed by atoms with Gasteiger partial charge in [0, 0.05) is 11.1 Å². The van der Waals surface area contributed by atoms with Crippen LogP contribution in [0.15, 0.2) is 18.2 Å². The van der Waals surface area contributed by atoms with E-state index in [1.807, 2.05) is 27.7 Å². The van der Waals surface area contributed by atoms with Crippen LogP contribution >= 0.6 is 0 Å². The summed E-state index contributed by atoms with van der Waals surface area (Å²) in [6, 6.07) is 3.88. The van der Waals surface area contributed by atoms with Crippen molar-refractivity contribution < 1.29 is 22.7 Å². The summed E-state index contributed by atoms with van der Waals surface area (Å²) >= 11 is 0. The predicted molar refractivity (Wildman–Crippen MR) is 71.3 cm³/mol. The van der Waals surface area contributed by atoms with Crippen molar-refractivity contribution in [3.63, 3.8) is 0 Å². The molecule has 1 aromatic carbocycles. The summed E-state index contributed by atoms with van der Waals surface area (Å²) in [6.45, 7) is 8.02. The minimum atomic E-state index is -4.86. The average molecular weight is 288 g/mol. The van der Waals surface area contributed by atoms with E-state index in [1.165, 1.54) is 12.1 Å². The molecule has 0 aliphatic carbocycles. The van der Waals surface area contributed by atoms with E-state index in [0.717, 1.165) is 12.5 Å². The van der Waals surface area contributed by atoms with Crippen molar-refractivity contribution in [1.29, 1.82) is 0 Å². The number of alkyl halides is 3. The van der Waals surface area contributed by atoms with Crippen molar-refractivity contribution in [1.82, 2.24) is 0 Å². The Balaban J connectivity index is 3.25. The highest BCUT2D eigenvalue weighted by Crippen LogP contribution is 2.34. The quantitative estimate of drug-likeness (QED) is 0.761. The summed E-state index contributed by atoms with van der Waals surface area (Å²) in [5.74, 6) is -1.30. The zero-order chi connectivity index (χ0) is 15.6. The highest BCUT2D eigenvalue weighted by Gasteiger charge is 2.39. The molecule has 0 amide bonds. The van der Waals surface area contributed by atoms with E-state index in [2.05, 4.69) is 0 Å². The number of carbonyl (C=O) groups is 1. The molecule has 20 heavy (non-hydrogen) atoms. The Labute approximate surface area is 116 Å². The minimum Gasteiger partial charge on any atom is -0.493 e. The van der Waals surface area contributed by atoms with Gasteiger partial charge in [-0.2, -0.15) is 13.2 Å². The Morgan fingerprint density at radius 2 is 1.80 bits per heavy atom. The van der Waals surface area contributed by atoms with Gasteiger partial charge in [0.25, 0.3) is 5.78 Å². The number of carbonyl (C=O) groups excluding carboxylic acids is 1. The minimum absolute atomic E-state index is 0.355. The van der Waals surface area contributed by atoms with E-state index in [4.69, 9.17) is 4.74 Å². The maximum Gasteiger partial charge on any atom is 0.454 e. The highest BCUT2D eigenvalue weighted by molar-refractivity contribution is 6.00. The molecule has 0 fully saturated rings. The van der Waals surface area contributed by atoms with Crippen LogP contribution in [0.2, 0.25) is 0 Å². The smallest absolute Gasteiger partial charge is 0.454 e. The molecule has 1 aromatic rings. The molecule has 2 nitrogen and oxygen atoms in total. The first-order valence-corrected chi connectivity index (χ1v) is 6.46. The molecule has 0 spiro atoms. The zero-order valence-corrected chi connectivity index (χ0v) is 12.1. The van der Waals surface area contributed by atoms with Crippen LogP contribution in [-0.4, -0.2) is 18.6 Å². The lowest BCUT2D eigenvalue weighted by molar-refractivity contribution is -0.0885. The average Bonchev–Trinajstić information content (AvgIpc) is 2.33. The third-order valence-corrected chi connectivity index (χ3v) is 2.77. The maximum atomic E-state index is 12.5. The molecule has 0 N–H and O–H groups in total. The van der Waals surface area contributed by atoms with Gasteiger partial charge in [-0.05, 0) is 30.0 Å². The van der Waals surface area contributed by atoms with Gasteiger partial charge in [-0.1, -0.05) is 27.7 Å². The van der Waals surface area contributed by atoms with Crippen molar-refractivity contribution in [3.05, 3.63) is 29.3 Å². The van der Waals surface area contributed by atoms with Crippen LogP contribution in [0.5, 0.6) is 5.75 Å². The summed E-state index contributed by atoms with van der Waals surface area (Å²) in [6.07, 6.45) is -4.06. The summed E-state index contributed by atoms with van der Waals surface area (Å²) < 4.78 is 43.0. The third kappa shape index (κ3) is 3.99. The van der Waals surface area contributed by atoms with Gasteiger partial charge in [0.2, 0.25) is 0 Å². The number of hydrogen-bond acceptors (Lipinski definition) is 2. The molecule has 1 rings (SSSR count). The van der Waals surface area contributed by atoms with Crippen molar-refractivity contribution in [3.8, 4) is 5.75 Å². The van der Waals surface area contributed by atoms with Gasteiger partial charge in [0.1, 0.15) is 5.75 Å². The van der Waals surface area contributed by atoms with E-state index >= 15 is 0 Å². The lowest BCUT2D eigenvalue weighted by Crippen LogP contribution is -2.24. The molecular formula is C15H19F3O2. The van der Waals surface area contributed by atoms with Crippen molar-refractivity contribution in [2.45, 2.75) is 45.7 Å². The van der Waals surface area contributed by atoms with Crippen LogP contribution in [0.4, 0.5) is 13.2 Å². The molecule has 0 saturated carbocycles. The first-order valence-electron chi connectivity index (χ1n) is 6.46. The Bertz CT molecular complexity index is 485. The Morgan fingerprint density at radius 3 is 2.25 bits per heavy atom. The van der Waals surface area contributed by atoms with Crippen LogP contribution in [0.25, 0.3) is 0 Å². The number of rotatable bonds is 4. The molecule has 0 saturated heterocycles. The molecule has 0 aliphatic rings. The van der Waals surface area contributed by atoms with E-state index < -0.39 is 17.4 Å². The van der Waals surface area contributed by atoms with Gasteiger partial charge in [0.05, 0.1) is 6.61 Å². The van der Waals surface area contributed by atoms with Gasteiger partial charge in [-0.3, -0.25) is 4.79 Å². The van der Waals surface area contributed by atoms with Gasteiger partial charge in [0.15, 0.2) is 0 Å². The highest BCUT2D eigenvalue weighted by atomic mass is 19.4. The van der Waals surface area contributed by atoms with Crippen LogP contribution in [0, 0.1) is 0 Å². The summed E-state index contributed by atoms with van der Waals surface area (Å²) in [5, 5.41) is 0. The van der Waals surface area contributed by atoms with Gasteiger partial charge >= 0.3 is 6.18 Å². The van der Waals surface area contributed by atoms with E-state index in [1.54, 1.807) is 0 Å². The fourth-order valence-corrected chi connectivity index (χ4v) is 1.76. The topological polar surface area (TPSA) is 26.3 Å². The number of benzene rings is 1. The molecular weight excluding hydrogens is 269 g/mol. The molecule has 5 heteroatoms. The van der Waals surface area contributed by atoms with E-state index in [-0.39, 0.29) is 5.56 Å². The molecule has 0 heterocycles. The Kier molecular flexibility index (Phi) is 4.84. The molecule has 0 aliphatic heterocycles. The second-order valence-electron chi connectivity index (χ2n) is 5.64. The monoisotopic (exact) mass is 288 g/mol. The second kappa shape index (κ2) is 5.85. The fraction of sp³-hybridized carbons (Fsp3) is 0.533. The van der Waals surface area contributed by atoms with E-state index in [9.17, 15) is 18.0 Å². The zero-order valence-electron chi connectivity index (χ0n) is 12.1. The summed E-state index contributed by atoms with van der Waals surface area (Å²) in [4.78, 5) is 11.3. The summed E-state index contributed by atoms with van der Waals surface area (Å²) in [7, 11) is 0. The number of ketones is 1. The van der Waals surface area contributed by atoms with E-state index in [0.29, 0.717) is 17.9 Å². The van der Waals surface area contributed by atoms with Gasteiger partial charge in [-0.25, -0.2) is 0 Å². The normalized spacial score (nSPS) is 12.3. The summed E-state index contributed by atoms with van der Waals surface area (Å²) in [5.41, 5.74) is -0.169. The van der Waals surface area contributed by atoms with Crippen LogP contribution in [-0.2, 0) is 5.41 Å². The van der Waals surface area contributed by atoms with Crippen molar-refractivity contribution in [2.24, 2.45) is 0 Å². The van der Waals surface area contributed by atoms with Crippen molar-refractivity contribution in [2.75, 3.05) is 6.61 Å². The van der Waals surface area contributed by atoms with Crippen LogP contribution in [0.1, 0.15) is 50.0 Å². The van der Waals surface area contributed by atoms with Crippen molar-refractivity contribution >= 4 is 5.78 Å². The first kappa shape index (κ1) is 16.5. The molecule has 0 radical (unpaired) electrons. The standard InChI is InChI=1S/C15H19F3O2/c1-5-8-20-12-7-6-10(13(19)15(16,17)18)9-11(12)14(2,3)4/h6-7,9H,5,8H2,1-4H3.